The molecule has 0 spiro atoms. The highest BCUT2D eigenvalue weighted by atomic mass is 19.1. The first-order valence-electron chi connectivity index (χ1n) is 6.88. The van der Waals surface area contributed by atoms with Crippen molar-refractivity contribution in [2.45, 2.75) is 19.4 Å². The molecule has 4 nitrogen and oxygen atoms in total. The van der Waals surface area contributed by atoms with Crippen LogP contribution >= 0.6 is 0 Å². The van der Waals surface area contributed by atoms with Gasteiger partial charge in [-0.3, -0.25) is 4.79 Å². The molecule has 1 aliphatic rings. The number of benzene rings is 1. The van der Waals surface area contributed by atoms with Crippen molar-refractivity contribution in [3.05, 3.63) is 35.7 Å². The molecule has 0 aliphatic carbocycles. The van der Waals surface area contributed by atoms with Crippen molar-refractivity contribution < 1.29 is 19.0 Å². The third-order valence-electron chi connectivity index (χ3n) is 3.91. The van der Waals surface area contributed by atoms with Gasteiger partial charge in [0.25, 0.3) is 0 Å². The van der Waals surface area contributed by atoms with E-state index in [0.29, 0.717) is 18.7 Å². The molecule has 5 heteroatoms. The second-order valence-electron chi connectivity index (χ2n) is 5.68. The molecule has 2 rings (SSSR count). The number of rotatable bonds is 4. The van der Waals surface area contributed by atoms with Crippen LogP contribution in [0.2, 0.25) is 0 Å². The predicted octanol–water partition coefficient (Wildman–Crippen LogP) is 2.08. The van der Waals surface area contributed by atoms with Gasteiger partial charge in [0.15, 0.2) is 11.6 Å². The third-order valence-corrected chi connectivity index (χ3v) is 3.91. The molecule has 1 aromatic rings. The van der Waals surface area contributed by atoms with Gasteiger partial charge in [-0.05, 0) is 29.7 Å². The van der Waals surface area contributed by atoms with Crippen LogP contribution in [-0.2, 0) is 4.79 Å². The molecule has 0 bridgehead atoms. The molecule has 1 N–H and O–H groups in total. The summed E-state index contributed by atoms with van der Waals surface area (Å²) in [7, 11) is 1.40. The fraction of sp³-hybridized carbons (Fsp3) is 0.438. The Morgan fingerprint density at radius 3 is 2.67 bits per heavy atom. The molecule has 1 amide bonds. The molecule has 1 saturated heterocycles. The summed E-state index contributed by atoms with van der Waals surface area (Å²) in [6, 6.07) is 4.50. The second kappa shape index (κ2) is 5.85. The number of likely N-dealkylation sites (tertiary alicyclic amines) is 1. The number of hydrogen-bond donors (Lipinski definition) is 1. The maximum absolute atomic E-state index is 13.5. The molecule has 0 saturated carbocycles. The summed E-state index contributed by atoms with van der Waals surface area (Å²) in [6.07, 6.45) is 2.94. The molecule has 0 radical (unpaired) electrons. The molecule has 1 aliphatic heterocycles. The highest BCUT2D eigenvalue weighted by Gasteiger charge is 2.45. The van der Waals surface area contributed by atoms with Gasteiger partial charge in [-0.1, -0.05) is 19.9 Å². The fourth-order valence-corrected chi connectivity index (χ4v) is 2.19. The van der Waals surface area contributed by atoms with Crippen LogP contribution in [0, 0.1) is 11.7 Å². The van der Waals surface area contributed by atoms with Crippen LogP contribution in [0.1, 0.15) is 19.4 Å². The number of nitrogens with zero attached hydrogens (tertiary/aromatic N) is 1. The van der Waals surface area contributed by atoms with E-state index in [4.69, 9.17) is 4.74 Å². The maximum Gasteiger partial charge on any atom is 0.246 e. The zero-order chi connectivity index (χ0) is 15.6. The minimum absolute atomic E-state index is 0.112. The molecule has 1 aromatic carbocycles. The van der Waals surface area contributed by atoms with Gasteiger partial charge in [0.05, 0.1) is 20.2 Å². The van der Waals surface area contributed by atoms with Gasteiger partial charge >= 0.3 is 0 Å². The van der Waals surface area contributed by atoms with Crippen LogP contribution in [0.3, 0.4) is 0 Å². The van der Waals surface area contributed by atoms with Crippen LogP contribution in [0.15, 0.2) is 24.3 Å². The van der Waals surface area contributed by atoms with Crippen LogP contribution in [0.4, 0.5) is 4.39 Å². The summed E-state index contributed by atoms with van der Waals surface area (Å²) >= 11 is 0. The Bertz CT molecular complexity index is 563. The van der Waals surface area contributed by atoms with Crippen LogP contribution in [-0.4, -0.2) is 41.7 Å². The summed E-state index contributed by atoms with van der Waals surface area (Å²) in [4.78, 5) is 13.5. The number of carbonyl (C=O) groups excluding carboxylic acids is 1. The summed E-state index contributed by atoms with van der Waals surface area (Å²) in [5.74, 6) is -0.369. The van der Waals surface area contributed by atoms with Gasteiger partial charge in [-0.15, -0.1) is 0 Å². The van der Waals surface area contributed by atoms with Crippen LogP contribution in [0.5, 0.6) is 5.75 Å². The van der Waals surface area contributed by atoms with Crippen molar-refractivity contribution in [1.82, 2.24) is 4.90 Å². The summed E-state index contributed by atoms with van der Waals surface area (Å²) < 4.78 is 18.3. The highest BCUT2D eigenvalue weighted by molar-refractivity contribution is 5.92. The van der Waals surface area contributed by atoms with E-state index >= 15 is 0 Å². The van der Waals surface area contributed by atoms with Crippen molar-refractivity contribution in [2.75, 3.05) is 20.2 Å². The van der Waals surface area contributed by atoms with Crippen molar-refractivity contribution in [3.63, 3.8) is 0 Å². The number of ether oxygens (including phenoxy) is 1. The van der Waals surface area contributed by atoms with Crippen LogP contribution < -0.4 is 4.74 Å². The van der Waals surface area contributed by atoms with Crippen LogP contribution in [0.25, 0.3) is 6.08 Å². The average Bonchev–Trinajstić information content (AvgIpc) is 2.41. The standard InChI is InChI=1S/C16H20FNO3/c1-11(2)16(20)9-18(10-16)15(19)7-5-12-4-6-14(21-3)13(17)8-12/h4-8,11,20H,9-10H2,1-3H3. The van der Waals surface area contributed by atoms with Crippen molar-refractivity contribution in [2.24, 2.45) is 5.92 Å². The van der Waals surface area contributed by atoms with Crippen molar-refractivity contribution in [3.8, 4) is 5.75 Å². The minimum Gasteiger partial charge on any atom is -0.494 e. The monoisotopic (exact) mass is 293 g/mol. The number of methoxy groups -OCH3 is 1. The smallest absolute Gasteiger partial charge is 0.246 e. The Kier molecular flexibility index (Phi) is 4.32. The lowest BCUT2D eigenvalue weighted by atomic mass is 9.83. The lowest BCUT2D eigenvalue weighted by Crippen LogP contribution is -2.65. The van der Waals surface area contributed by atoms with E-state index in [9.17, 15) is 14.3 Å². The second-order valence-corrected chi connectivity index (χ2v) is 5.68. The van der Waals surface area contributed by atoms with E-state index in [0.717, 1.165) is 0 Å². The SMILES string of the molecule is COc1ccc(C=CC(=O)N2CC(O)(C(C)C)C2)cc1F. The van der Waals surface area contributed by atoms with Gasteiger partial charge in [0, 0.05) is 6.08 Å². The first kappa shape index (κ1) is 15.5. The van der Waals surface area contributed by atoms with Gasteiger partial charge in [0.1, 0.15) is 5.60 Å². The number of hydrogen-bond acceptors (Lipinski definition) is 3. The van der Waals surface area contributed by atoms with E-state index in [-0.39, 0.29) is 17.6 Å². The Morgan fingerprint density at radius 1 is 1.48 bits per heavy atom. The van der Waals surface area contributed by atoms with E-state index in [2.05, 4.69) is 0 Å². The van der Waals surface area contributed by atoms with Gasteiger partial charge < -0.3 is 14.7 Å². The van der Waals surface area contributed by atoms with E-state index in [1.54, 1.807) is 17.0 Å². The topological polar surface area (TPSA) is 49.8 Å². The molecule has 0 unspecified atom stereocenters. The third kappa shape index (κ3) is 3.24. The van der Waals surface area contributed by atoms with Crippen molar-refractivity contribution >= 4 is 12.0 Å². The number of amides is 1. The fourth-order valence-electron chi connectivity index (χ4n) is 2.19. The van der Waals surface area contributed by atoms with Gasteiger partial charge in [-0.2, -0.15) is 0 Å². The molecule has 1 heterocycles. The quantitative estimate of drug-likeness (QED) is 0.865. The number of carbonyl (C=O) groups is 1. The average molecular weight is 293 g/mol. The summed E-state index contributed by atoms with van der Waals surface area (Å²) in [5, 5.41) is 10.1. The molecule has 1 fully saturated rings. The van der Waals surface area contributed by atoms with E-state index < -0.39 is 11.4 Å². The Morgan fingerprint density at radius 2 is 2.14 bits per heavy atom. The zero-order valence-corrected chi connectivity index (χ0v) is 12.5. The molecule has 0 atom stereocenters. The first-order chi connectivity index (χ1) is 9.85. The molecular formula is C16H20FNO3. The summed E-state index contributed by atoms with van der Waals surface area (Å²) in [5.41, 5.74) is -0.197. The number of β-amino-alcohol motifs (C(OH)–C–C–N with tert-alkyl or cyclic N) is 1. The van der Waals surface area contributed by atoms with Gasteiger partial charge in [-0.25, -0.2) is 4.39 Å². The number of aliphatic hydroxyl groups is 1. The minimum atomic E-state index is -0.782. The Hall–Kier alpha value is -1.88. The molecule has 114 valence electrons. The molecular weight excluding hydrogens is 273 g/mol. The summed E-state index contributed by atoms with van der Waals surface area (Å²) in [6.45, 7) is 4.53. The predicted molar refractivity (Wildman–Crippen MR) is 78.4 cm³/mol. The highest BCUT2D eigenvalue weighted by Crippen LogP contribution is 2.28. The first-order valence-corrected chi connectivity index (χ1v) is 6.88. The zero-order valence-electron chi connectivity index (χ0n) is 12.5. The largest absolute Gasteiger partial charge is 0.494 e. The maximum atomic E-state index is 13.5. The number of halogens is 1. The lowest BCUT2D eigenvalue weighted by Gasteiger charge is -2.48. The Labute approximate surface area is 123 Å². The van der Waals surface area contributed by atoms with E-state index in [1.807, 2.05) is 13.8 Å². The Balaban J connectivity index is 1.96. The van der Waals surface area contributed by atoms with Gasteiger partial charge in [0.2, 0.25) is 5.91 Å². The van der Waals surface area contributed by atoms with E-state index in [1.165, 1.54) is 25.3 Å². The molecule has 21 heavy (non-hydrogen) atoms. The van der Waals surface area contributed by atoms with Crippen molar-refractivity contribution in [1.29, 1.82) is 0 Å². The molecule has 0 aromatic heterocycles. The normalized spacial score (nSPS) is 17.1. The lowest BCUT2D eigenvalue weighted by molar-refractivity contribution is -0.158.